The van der Waals surface area contributed by atoms with Crippen molar-refractivity contribution in [1.29, 1.82) is 0 Å². The number of hydrogen-bond acceptors (Lipinski definition) is 3. The molecule has 5 nitrogen and oxygen atoms in total. The monoisotopic (exact) mass is 224 g/mol. The third-order valence-corrected chi connectivity index (χ3v) is 2.18. The lowest BCUT2D eigenvalue weighted by Crippen LogP contribution is -2.29. The zero-order valence-electron chi connectivity index (χ0n) is 10.2. The fourth-order valence-corrected chi connectivity index (χ4v) is 1.35. The number of aromatic nitrogens is 2. The number of rotatable bonds is 6. The molecule has 0 aliphatic carbocycles. The topological polar surface area (TPSA) is 59.0 Å². The lowest BCUT2D eigenvalue weighted by atomic mass is 10.3. The molecule has 1 amide bonds. The molecule has 1 heterocycles. The molecule has 0 spiro atoms. The van der Waals surface area contributed by atoms with E-state index in [2.05, 4.69) is 29.5 Å². The van der Waals surface area contributed by atoms with Crippen LogP contribution in [0.5, 0.6) is 0 Å². The fourth-order valence-electron chi connectivity index (χ4n) is 1.35. The van der Waals surface area contributed by atoms with Gasteiger partial charge in [0.2, 0.25) is 5.91 Å². The molecule has 90 valence electrons. The van der Waals surface area contributed by atoms with Crippen LogP contribution in [0.25, 0.3) is 0 Å². The fraction of sp³-hybridized carbons (Fsp3) is 0.636. The largest absolute Gasteiger partial charge is 0.355 e. The van der Waals surface area contributed by atoms with Crippen LogP contribution in [0.4, 0.5) is 0 Å². The Hall–Kier alpha value is -1.36. The molecule has 5 heteroatoms. The van der Waals surface area contributed by atoms with Crippen molar-refractivity contribution in [2.45, 2.75) is 39.9 Å². The van der Waals surface area contributed by atoms with E-state index in [-0.39, 0.29) is 5.91 Å². The summed E-state index contributed by atoms with van der Waals surface area (Å²) >= 11 is 0. The van der Waals surface area contributed by atoms with E-state index >= 15 is 0 Å². The summed E-state index contributed by atoms with van der Waals surface area (Å²) in [7, 11) is 0. The van der Waals surface area contributed by atoms with E-state index < -0.39 is 0 Å². The predicted molar refractivity (Wildman–Crippen MR) is 62.9 cm³/mol. The Bertz CT molecular complexity index is 332. The first-order valence-corrected chi connectivity index (χ1v) is 5.62. The Labute approximate surface area is 96.3 Å². The van der Waals surface area contributed by atoms with Gasteiger partial charge in [0, 0.05) is 25.3 Å². The highest BCUT2D eigenvalue weighted by Gasteiger charge is 2.06. The van der Waals surface area contributed by atoms with Crippen molar-refractivity contribution in [2.75, 3.05) is 6.54 Å². The number of carbonyl (C=O) groups excluding carboxylic acids is 1. The van der Waals surface area contributed by atoms with Gasteiger partial charge >= 0.3 is 0 Å². The van der Waals surface area contributed by atoms with Crippen LogP contribution in [0.2, 0.25) is 0 Å². The average Bonchev–Trinajstić information content (AvgIpc) is 2.62. The van der Waals surface area contributed by atoms with Gasteiger partial charge in [0.25, 0.3) is 0 Å². The molecule has 0 aromatic carbocycles. The molecule has 16 heavy (non-hydrogen) atoms. The summed E-state index contributed by atoms with van der Waals surface area (Å²) in [4.78, 5) is 15.5. The molecular weight excluding hydrogens is 204 g/mol. The van der Waals surface area contributed by atoms with Gasteiger partial charge in [-0.3, -0.25) is 4.79 Å². The normalized spacial score (nSPS) is 10.8. The Kier molecular flexibility index (Phi) is 4.98. The van der Waals surface area contributed by atoms with Crippen molar-refractivity contribution in [1.82, 2.24) is 20.2 Å². The summed E-state index contributed by atoms with van der Waals surface area (Å²) in [6, 6.07) is 0.424. The van der Waals surface area contributed by atoms with E-state index in [1.807, 2.05) is 11.5 Å². The van der Waals surface area contributed by atoms with E-state index in [9.17, 15) is 4.79 Å². The lowest BCUT2D eigenvalue weighted by molar-refractivity contribution is -0.121. The van der Waals surface area contributed by atoms with Crippen LogP contribution < -0.4 is 10.6 Å². The second-order valence-corrected chi connectivity index (χ2v) is 4.00. The van der Waals surface area contributed by atoms with E-state index in [1.54, 1.807) is 12.5 Å². The Balaban J connectivity index is 2.53. The third-order valence-electron chi connectivity index (χ3n) is 2.18. The summed E-state index contributed by atoms with van der Waals surface area (Å²) in [5, 5.41) is 6.07. The van der Waals surface area contributed by atoms with Crippen molar-refractivity contribution < 1.29 is 4.79 Å². The quantitative estimate of drug-likeness (QED) is 0.740. The molecule has 1 rings (SSSR count). The molecule has 0 aliphatic heterocycles. The van der Waals surface area contributed by atoms with Crippen molar-refractivity contribution in [3.05, 3.63) is 18.2 Å². The van der Waals surface area contributed by atoms with Gasteiger partial charge in [-0.15, -0.1) is 0 Å². The van der Waals surface area contributed by atoms with Crippen LogP contribution in [-0.4, -0.2) is 28.0 Å². The van der Waals surface area contributed by atoms with Gasteiger partial charge in [0.1, 0.15) is 6.54 Å². The number of likely N-dealkylation sites (N-methyl/N-ethyl adjacent to an activating group) is 1. The lowest BCUT2D eigenvalue weighted by Gasteiger charge is -2.10. The maximum absolute atomic E-state index is 11.4. The second-order valence-electron chi connectivity index (χ2n) is 4.00. The van der Waals surface area contributed by atoms with Crippen LogP contribution in [0.3, 0.4) is 0 Å². The molecule has 0 saturated heterocycles. The Morgan fingerprint density at radius 2 is 2.31 bits per heavy atom. The van der Waals surface area contributed by atoms with Gasteiger partial charge < -0.3 is 15.2 Å². The maximum Gasteiger partial charge on any atom is 0.239 e. The average molecular weight is 224 g/mol. The predicted octanol–water partition coefficient (Wildman–Crippen LogP) is 0.517. The Morgan fingerprint density at radius 3 is 2.94 bits per heavy atom. The smallest absolute Gasteiger partial charge is 0.239 e. The van der Waals surface area contributed by atoms with Crippen LogP contribution in [0.15, 0.2) is 12.5 Å². The van der Waals surface area contributed by atoms with E-state index in [4.69, 9.17) is 0 Å². The van der Waals surface area contributed by atoms with Gasteiger partial charge in [0.05, 0.1) is 12.0 Å². The van der Waals surface area contributed by atoms with Crippen molar-refractivity contribution in [2.24, 2.45) is 0 Å². The van der Waals surface area contributed by atoms with E-state index in [0.717, 1.165) is 12.2 Å². The highest BCUT2D eigenvalue weighted by Crippen LogP contribution is 1.99. The van der Waals surface area contributed by atoms with Crippen LogP contribution in [0, 0.1) is 0 Å². The Morgan fingerprint density at radius 1 is 1.56 bits per heavy atom. The summed E-state index contributed by atoms with van der Waals surface area (Å²) in [5.41, 5.74) is 1.03. The van der Waals surface area contributed by atoms with Gasteiger partial charge in [-0.1, -0.05) is 13.8 Å². The number of nitrogens with zero attached hydrogens (tertiary/aromatic N) is 2. The number of nitrogens with one attached hydrogen (secondary N) is 2. The van der Waals surface area contributed by atoms with E-state index in [0.29, 0.717) is 19.1 Å². The standard InChI is InChI=1S/C11H20N4O/c1-4-13-11(16)7-15-8-12-5-10(15)6-14-9(2)3/h5,8-9,14H,4,6-7H2,1-3H3,(H,13,16). The van der Waals surface area contributed by atoms with Gasteiger partial charge in [-0.25, -0.2) is 4.98 Å². The highest BCUT2D eigenvalue weighted by atomic mass is 16.1. The summed E-state index contributed by atoms with van der Waals surface area (Å²) in [6.45, 7) is 7.81. The molecule has 0 fully saturated rings. The van der Waals surface area contributed by atoms with Crippen LogP contribution >= 0.6 is 0 Å². The highest BCUT2D eigenvalue weighted by molar-refractivity contribution is 5.75. The van der Waals surface area contributed by atoms with Gasteiger partial charge in [0.15, 0.2) is 0 Å². The molecule has 0 unspecified atom stereocenters. The summed E-state index contributed by atoms with van der Waals surface area (Å²) in [5.74, 6) is 0.0197. The molecule has 1 aromatic rings. The molecule has 0 atom stereocenters. The minimum atomic E-state index is 0.0197. The maximum atomic E-state index is 11.4. The zero-order chi connectivity index (χ0) is 12.0. The molecule has 0 bridgehead atoms. The first-order chi connectivity index (χ1) is 7.63. The van der Waals surface area contributed by atoms with Crippen LogP contribution in [0.1, 0.15) is 26.5 Å². The van der Waals surface area contributed by atoms with Crippen molar-refractivity contribution in [3.8, 4) is 0 Å². The first kappa shape index (κ1) is 12.7. The molecule has 0 aliphatic rings. The molecular formula is C11H20N4O. The van der Waals surface area contributed by atoms with E-state index in [1.165, 1.54) is 0 Å². The van der Waals surface area contributed by atoms with Crippen LogP contribution in [-0.2, 0) is 17.9 Å². The third kappa shape index (κ3) is 4.02. The van der Waals surface area contributed by atoms with Crippen molar-refractivity contribution >= 4 is 5.91 Å². The number of imidazole rings is 1. The molecule has 0 radical (unpaired) electrons. The second kappa shape index (κ2) is 6.27. The number of carbonyl (C=O) groups is 1. The zero-order valence-corrected chi connectivity index (χ0v) is 10.2. The summed E-state index contributed by atoms with van der Waals surface area (Å²) < 4.78 is 1.86. The SMILES string of the molecule is CCNC(=O)Cn1cncc1CNC(C)C. The van der Waals surface area contributed by atoms with Gasteiger partial charge in [-0.05, 0) is 6.92 Å². The number of amides is 1. The van der Waals surface area contributed by atoms with Crippen molar-refractivity contribution in [3.63, 3.8) is 0 Å². The molecule has 0 saturated carbocycles. The van der Waals surface area contributed by atoms with Gasteiger partial charge in [-0.2, -0.15) is 0 Å². The molecule has 1 aromatic heterocycles. The summed E-state index contributed by atoms with van der Waals surface area (Å²) in [6.07, 6.45) is 3.47. The first-order valence-electron chi connectivity index (χ1n) is 5.62. The molecule has 2 N–H and O–H groups in total. The minimum absolute atomic E-state index is 0.0197. The number of hydrogen-bond donors (Lipinski definition) is 2. The minimum Gasteiger partial charge on any atom is -0.355 e.